The SMILES string of the molecule is O=C(Nc1ccccc1-c1nc(-c2ccncc2)no1)c1ccc(-c2ccccc2)cc1. The van der Waals surface area contributed by atoms with Gasteiger partial charge in [-0.05, 0) is 47.5 Å². The van der Waals surface area contributed by atoms with Crippen LogP contribution in [0.1, 0.15) is 10.4 Å². The molecule has 1 N–H and O–H groups in total. The summed E-state index contributed by atoms with van der Waals surface area (Å²) in [7, 11) is 0. The Morgan fingerprint density at radius 1 is 0.719 bits per heavy atom. The molecule has 0 saturated carbocycles. The number of nitrogens with zero attached hydrogens (tertiary/aromatic N) is 3. The molecule has 0 aliphatic rings. The lowest BCUT2D eigenvalue weighted by Gasteiger charge is -2.09. The van der Waals surface area contributed by atoms with E-state index in [2.05, 4.69) is 20.4 Å². The molecule has 0 aliphatic heterocycles. The zero-order valence-electron chi connectivity index (χ0n) is 17.0. The number of carbonyl (C=O) groups excluding carboxylic acids is 1. The number of rotatable bonds is 5. The fraction of sp³-hybridized carbons (Fsp3) is 0. The van der Waals surface area contributed by atoms with E-state index in [0.717, 1.165) is 16.7 Å². The van der Waals surface area contributed by atoms with Gasteiger partial charge in [0.25, 0.3) is 11.8 Å². The molecular weight excluding hydrogens is 400 g/mol. The third kappa shape index (κ3) is 4.02. The second-order valence-corrected chi connectivity index (χ2v) is 7.10. The first-order valence-corrected chi connectivity index (χ1v) is 10.1. The van der Waals surface area contributed by atoms with Gasteiger partial charge in [0.05, 0.1) is 11.3 Å². The quantitative estimate of drug-likeness (QED) is 0.395. The summed E-state index contributed by atoms with van der Waals surface area (Å²) in [5, 5.41) is 7.01. The Morgan fingerprint density at radius 3 is 2.19 bits per heavy atom. The van der Waals surface area contributed by atoms with Gasteiger partial charge in [0.1, 0.15) is 0 Å². The molecular formula is C26H18N4O2. The molecule has 0 atom stereocenters. The van der Waals surface area contributed by atoms with Crippen molar-refractivity contribution >= 4 is 11.6 Å². The van der Waals surface area contributed by atoms with Gasteiger partial charge < -0.3 is 9.84 Å². The van der Waals surface area contributed by atoms with Crippen LogP contribution in [-0.4, -0.2) is 21.0 Å². The molecule has 0 radical (unpaired) electrons. The average molecular weight is 418 g/mol. The van der Waals surface area contributed by atoms with Crippen LogP contribution in [0.25, 0.3) is 34.0 Å². The Balaban J connectivity index is 1.38. The van der Waals surface area contributed by atoms with Gasteiger partial charge in [-0.25, -0.2) is 0 Å². The van der Waals surface area contributed by atoms with Crippen molar-refractivity contribution in [3.8, 4) is 34.0 Å². The fourth-order valence-electron chi connectivity index (χ4n) is 3.37. The molecule has 0 spiro atoms. The molecule has 154 valence electrons. The topological polar surface area (TPSA) is 80.9 Å². The van der Waals surface area contributed by atoms with Crippen LogP contribution in [0, 0.1) is 0 Å². The van der Waals surface area contributed by atoms with Gasteiger partial charge in [0.2, 0.25) is 5.82 Å². The summed E-state index contributed by atoms with van der Waals surface area (Å²) >= 11 is 0. The minimum Gasteiger partial charge on any atom is -0.334 e. The Morgan fingerprint density at radius 2 is 1.41 bits per heavy atom. The highest BCUT2D eigenvalue weighted by atomic mass is 16.5. The highest BCUT2D eigenvalue weighted by Crippen LogP contribution is 2.29. The van der Waals surface area contributed by atoms with Crippen molar-refractivity contribution in [3.05, 3.63) is 109 Å². The van der Waals surface area contributed by atoms with Crippen LogP contribution in [0.15, 0.2) is 108 Å². The largest absolute Gasteiger partial charge is 0.334 e. The van der Waals surface area contributed by atoms with E-state index in [9.17, 15) is 4.79 Å². The molecule has 6 nitrogen and oxygen atoms in total. The average Bonchev–Trinajstić information content (AvgIpc) is 3.36. The van der Waals surface area contributed by atoms with Crippen molar-refractivity contribution in [1.29, 1.82) is 0 Å². The molecule has 2 aromatic heterocycles. The summed E-state index contributed by atoms with van der Waals surface area (Å²) in [5.41, 5.74) is 4.75. The number of nitrogens with one attached hydrogen (secondary N) is 1. The van der Waals surface area contributed by atoms with Gasteiger partial charge in [0.15, 0.2) is 0 Å². The van der Waals surface area contributed by atoms with Crippen molar-refractivity contribution in [2.24, 2.45) is 0 Å². The second kappa shape index (κ2) is 8.65. The van der Waals surface area contributed by atoms with Crippen molar-refractivity contribution in [3.63, 3.8) is 0 Å². The van der Waals surface area contributed by atoms with E-state index in [1.165, 1.54) is 0 Å². The summed E-state index contributed by atoms with van der Waals surface area (Å²) in [4.78, 5) is 21.4. The predicted octanol–water partition coefficient (Wildman–Crippen LogP) is 5.72. The molecule has 0 unspecified atom stereocenters. The van der Waals surface area contributed by atoms with Crippen molar-refractivity contribution in [1.82, 2.24) is 15.1 Å². The normalized spacial score (nSPS) is 10.6. The highest BCUT2D eigenvalue weighted by Gasteiger charge is 2.16. The minimum atomic E-state index is -0.217. The molecule has 3 aromatic carbocycles. The van der Waals surface area contributed by atoms with Gasteiger partial charge in [-0.3, -0.25) is 9.78 Å². The summed E-state index contributed by atoms with van der Waals surface area (Å²) in [6.07, 6.45) is 3.34. The highest BCUT2D eigenvalue weighted by molar-refractivity contribution is 6.06. The van der Waals surface area contributed by atoms with E-state index < -0.39 is 0 Å². The molecule has 0 saturated heterocycles. The number of hydrogen-bond acceptors (Lipinski definition) is 5. The smallest absolute Gasteiger partial charge is 0.260 e. The summed E-state index contributed by atoms with van der Waals surface area (Å²) in [6.45, 7) is 0. The number of amides is 1. The lowest BCUT2D eigenvalue weighted by atomic mass is 10.0. The third-order valence-electron chi connectivity index (χ3n) is 5.02. The van der Waals surface area contributed by atoms with Crippen LogP contribution in [0.3, 0.4) is 0 Å². The summed E-state index contributed by atoms with van der Waals surface area (Å²) in [6, 6.07) is 28.5. The Bertz CT molecular complexity index is 1350. The van der Waals surface area contributed by atoms with E-state index in [1.54, 1.807) is 24.5 Å². The number of carbonyl (C=O) groups is 1. The third-order valence-corrected chi connectivity index (χ3v) is 5.02. The molecule has 5 rings (SSSR count). The standard InChI is InChI=1S/C26H18N4O2/c31-25(21-12-10-19(11-13-21)18-6-2-1-3-7-18)28-23-9-5-4-8-22(23)26-29-24(30-32-26)20-14-16-27-17-15-20/h1-17H,(H,28,31). The van der Waals surface area contributed by atoms with Crippen LogP contribution in [-0.2, 0) is 0 Å². The predicted molar refractivity (Wildman–Crippen MR) is 123 cm³/mol. The van der Waals surface area contributed by atoms with Gasteiger partial charge >= 0.3 is 0 Å². The molecule has 0 aliphatic carbocycles. The first-order chi connectivity index (χ1) is 15.8. The van der Waals surface area contributed by atoms with Crippen LogP contribution in [0.5, 0.6) is 0 Å². The molecule has 0 fully saturated rings. The van der Waals surface area contributed by atoms with E-state index in [-0.39, 0.29) is 5.91 Å². The van der Waals surface area contributed by atoms with Crippen LogP contribution < -0.4 is 5.32 Å². The maximum atomic E-state index is 12.9. The number of hydrogen-bond donors (Lipinski definition) is 1. The minimum absolute atomic E-state index is 0.217. The zero-order chi connectivity index (χ0) is 21.8. The lowest BCUT2D eigenvalue weighted by Crippen LogP contribution is -2.12. The number of pyridine rings is 1. The molecule has 32 heavy (non-hydrogen) atoms. The number of para-hydroxylation sites is 1. The first kappa shape index (κ1) is 19.4. The Labute approximate surface area is 184 Å². The van der Waals surface area contributed by atoms with Crippen LogP contribution in [0.4, 0.5) is 5.69 Å². The zero-order valence-corrected chi connectivity index (χ0v) is 17.0. The number of anilines is 1. The lowest BCUT2D eigenvalue weighted by molar-refractivity contribution is 0.102. The maximum Gasteiger partial charge on any atom is 0.260 e. The molecule has 0 bridgehead atoms. The number of benzene rings is 3. The van der Waals surface area contributed by atoms with Crippen LogP contribution in [0.2, 0.25) is 0 Å². The second-order valence-electron chi connectivity index (χ2n) is 7.10. The van der Waals surface area contributed by atoms with E-state index >= 15 is 0 Å². The van der Waals surface area contributed by atoms with E-state index in [1.807, 2.05) is 78.9 Å². The van der Waals surface area contributed by atoms with Gasteiger partial charge in [-0.2, -0.15) is 4.98 Å². The van der Waals surface area contributed by atoms with Gasteiger partial charge in [-0.1, -0.05) is 59.8 Å². The van der Waals surface area contributed by atoms with Crippen LogP contribution >= 0.6 is 0 Å². The van der Waals surface area contributed by atoms with E-state index in [0.29, 0.717) is 28.5 Å². The fourth-order valence-corrected chi connectivity index (χ4v) is 3.37. The van der Waals surface area contributed by atoms with Crippen molar-refractivity contribution < 1.29 is 9.32 Å². The van der Waals surface area contributed by atoms with Crippen molar-refractivity contribution in [2.45, 2.75) is 0 Å². The van der Waals surface area contributed by atoms with Crippen molar-refractivity contribution in [2.75, 3.05) is 5.32 Å². The molecule has 2 heterocycles. The Kier molecular flexibility index (Phi) is 5.24. The molecule has 6 heteroatoms. The van der Waals surface area contributed by atoms with Gasteiger partial charge in [-0.15, -0.1) is 0 Å². The summed E-state index contributed by atoms with van der Waals surface area (Å²) in [5.74, 6) is 0.568. The summed E-state index contributed by atoms with van der Waals surface area (Å²) < 4.78 is 5.46. The first-order valence-electron chi connectivity index (χ1n) is 10.1. The molecule has 1 amide bonds. The van der Waals surface area contributed by atoms with Gasteiger partial charge in [0, 0.05) is 23.5 Å². The number of aromatic nitrogens is 3. The van der Waals surface area contributed by atoms with E-state index in [4.69, 9.17) is 4.52 Å². The monoisotopic (exact) mass is 418 g/mol. The Hall–Kier alpha value is -4.58. The molecule has 5 aromatic rings. The maximum absolute atomic E-state index is 12.9.